The molecule has 0 aromatic heterocycles. The third-order valence-electron chi connectivity index (χ3n) is 4.14. The lowest BCUT2D eigenvalue weighted by Gasteiger charge is -2.08. The van der Waals surface area contributed by atoms with E-state index in [2.05, 4.69) is 10.6 Å². The second-order valence-corrected chi connectivity index (χ2v) is 7.48. The topological polar surface area (TPSA) is 144 Å². The van der Waals surface area contributed by atoms with Gasteiger partial charge in [0.2, 0.25) is 5.91 Å². The Bertz CT molecular complexity index is 1180. The van der Waals surface area contributed by atoms with Gasteiger partial charge in [0.05, 0.1) is 15.6 Å². The van der Waals surface area contributed by atoms with Crippen LogP contribution in [0.15, 0.2) is 77.7 Å². The standard InChI is InChI=1S/C21H16N4O6S/c26-20(22-15-7-9-17(10-8-15)24(28)29)13-32-19-6-2-4-16(12-19)23-21(27)14-3-1-5-18(11-14)25(30)31/h1-12H,13H2,(H,22,26)(H,23,27). The van der Waals surface area contributed by atoms with Gasteiger partial charge in [0.25, 0.3) is 17.3 Å². The Labute approximate surface area is 185 Å². The maximum atomic E-state index is 12.4. The third kappa shape index (κ3) is 6.12. The Morgan fingerprint density at radius 1 is 0.781 bits per heavy atom. The van der Waals surface area contributed by atoms with E-state index in [4.69, 9.17) is 0 Å². The number of nitrogens with zero attached hydrogens (tertiary/aromatic N) is 2. The fourth-order valence-corrected chi connectivity index (χ4v) is 3.40. The summed E-state index contributed by atoms with van der Waals surface area (Å²) in [7, 11) is 0. The van der Waals surface area contributed by atoms with Gasteiger partial charge in [-0.1, -0.05) is 12.1 Å². The van der Waals surface area contributed by atoms with Gasteiger partial charge in [-0.2, -0.15) is 0 Å². The van der Waals surface area contributed by atoms with Crippen molar-refractivity contribution in [3.05, 3.63) is 98.6 Å². The summed E-state index contributed by atoms with van der Waals surface area (Å²) < 4.78 is 0. The molecule has 0 fully saturated rings. The van der Waals surface area contributed by atoms with E-state index >= 15 is 0 Å². The molecular weight excluding hydrogens is 436 g/mol. The van der Waals surface area contributed by atoms with Crippen LogP contribution in [-0.2, 0) is 4.79 Å². The van der Waals surface area contributed by atoms with E-state index < -0.39 is 15.8 Å². The molecule has 0 atom stereocenters. The molecule has 0 spiro atoms. The van der Waals surface area contributed by atoms with Crippen LogP contribution in [0.2, 0.25) is 0 Å². The van der Waals surface area contributed by atoms with Crippen LogP contribution in [0.25, 0.3) is 0 Å². The molecule has 2 amide bonds. The number of hydrogen-bond acceptors (Lipinski definition) is 7. The Morgan fingerprint density at radius 3 is 2.16 bits per heavy atom. The molecule has 3 aromatic carbocycles. The average Bonchev–Trinajstić information content (AvgIpc) is 2.78. The van der Waals surface area contributed by atoms with Crippen molar-refractivity contribution in [3.8, 4) is 0 Å². The first-order chi connectivity index (χ1) is 15.3. The predicted molar refractivity (Wildman–Crippen MR) is 120 cm³/mol. The zero-order valence-corrected chi connectivity index (χ0v) is 17.2. The Balaban J connectivity index is 1.57. The molecule has 3 aromatic rings. The number of non-ortho nitro benzene ring substituents is 2. The number of thioether (sulfide) groups is 1. The Kier molecular flexibility index (Phi) is 7.13. The van der Waals surface area contributed by atoms with Crippen molar-refractivity contribution in [2.24, 2.45) is 0 Å². The third-order valence-corrected chi connectivity index (χ3v) is 5.14. The van der Waals surface area contributed by atoms with E-state index in [9.17, 15) is 29.8 Å². The van der Waals surface area contributed by atoms with E-state index in [-0.39, 0.29) is 28.6 Å². The number of nitrogens with one attached hydrogen (secondary N) is 2. The molecule has 162 valence electrons. The highest BCUT2D eigenvalue weighted by Gasteiger charge is 2.12. The number of nitro groups is 2. The highest BCUT2D eigenvalue weighted by molar-refractivity contribution is 8.00. The summed E-state index contributed by atoms with van der Waals surface area (Å²) in [5.41, 5.74) is 0.823. The maximum absolute atomic E-state index is 12.4. The first-order valence-electron chi connectivity index (χ1n) is 9.15. The van der Waals surface area contributed by atoms with Crippen LogP contribution in [0.5, 0.6) is 0 Å². The molecule has 0 unspecified atom stereocenters. The molecule has 0 saturated carbocycles. The Hall–Kier alpha value is -4.25. The highest BCUT2D eigenvalue weighted by atomic mass is 32.2. The van der Waals surface area contributed by atoms with E-state index in [1.165, 1.54) is 60.3 Å². The second-order valence-electron chi connectivity index (χ2n) is 6.43. The van der Waals surface area contributed by atoms with Crippen LogP contribution in [0.1, 0.15) is 10.4 Å². The zero-order valence-electron chi connectivity index (χ0n) is 16.4. The summed E-state index contributed by atoms with van der Waals surface area (Å²) in [6.45, 7) is 0. The number of amides is 2. The summed E-state index contributed by atoms with van der Waals surface area (Å²) in [5, 5.41) is 26.9. The minimum Gasteiger partial charge on any atom is -0.325 e. The van der Waals surface area contributed by atoms with Crippen molar-refractivity contribution in [2.45, 2.75) is 4.90 Å². The lowest BCUT2D eigenvalue weighted by Crippen LogP contribution is -2.14. The second kappa shape index (κ2) is 10.2. The van der Waals surface area contributed by atoms with Crippen LogP contribution in [0.4, 0.5) is 22.7 Å². The van der Waals surface area contributed by atoms with Crippen LogP contribution < -0.4 is 10.6 Å². The normalized spacial score (nSPS) is 10.2. The van der Waals surface area contributed by atoms with Crippen LogP contribution in [0, 0.1) is 20.2 Å². The van der Waals surface area contributed by atoms with E-state index in [0.29, 0.717) is 11.4 Å². The summed E-state index contributed by atoms with van der Waals surface area (Å²) >= 11 is 1.24. The van der Waals surface area contributed by atoms with Crippen molar-refractivity contribution < 1.29 is 19.4 Å². The molecule has 0 aliphatic heterocycles. The largest absolute Gasteiger partial charge is 0.325 e. The smallest absolute Gasteiger partial charge is 0.270 e. The number of carbonyl (C=O) groups excluding carboxylic acids is 2. The van der Waals surface area contributed by atoms with E-state index in [1.54, 1.807) is 24.3 Å². The summed E-state index contributed by atoms with van der Waals surface area (Å²) in [5.74, 6) is -0.708. The molecule has 32 heavy (non-hydrogen) atoms. The molecule has 10 nitrogen and oxygen atoms in total. The van der Waals surface area contributed by atoms with Crippen LogP contribution >= 0.6 is 11.8 Å². The lowest BCUT2D eigenvalue weighted by molar-refractivity contribution is -0.385. The number of nitro benzene ring substituents is 2. The lowest BCUT2D eigenvalue weighted by atomic mass is 10.2. The van der Waals surface area contributed by atoms with Crippen molar-refractivity contribution in [2.75, 3.05) is 16.4 Å². The summed E-state index contributed by atoms with van der Waals surface area (Å²) in [4.78, 5) is 45.7. The van der Waals surface area contributed by atoms with E-state index in [1.807, 2.05) is 0 Å². The van der Waals surface area contributed by atoms with E-state index in [0.717, 1.165) is 4.90 Å². The molecule has 0 aliphatic carbocycles. The van der Waals surface area contributed by atoms with Crippen molar-refractivity contribution >= 4 is 46.3 Å². The fraction of sp³-hybridized carbons (Fsp3) is 0.0476. The molecule has 0 aliphatic rings. The molecule has 0 bridgehead atoms. The number of anilines is 2. The quantitative estimate of drug-likeness (QED) is 0.291. The van der Waals surface area contributed by atoms with Crippen molar-refractivity contribution in [1.29, 1.82) is 0 Å². The van der Waals surface area contributed by atoms with Gasteiger partial charge in [-0.3, -0.25) is 29.8 Å². The SMILES string of the molecule is O=C(CSc1cccc(NC(=O)c2cccc([N+](=O)[O-])c2)c1)Nc1ccc([N+](=O)[O-])cc1. The van der Waals surface area contributed by atoms with Gasteiger partial charge in [0.1, 0.15) is 0 Å². The summed E-state index contributed by atoms with van der Waals surface area (Å²) in [6, 6.07) is 17.7. The molecule has 2 N–H and O–H groups in total. The average molecular weight is 452 g/mol. The minimum atomic E-state index is -0.574. The Morgan fingerprint density at radius 2 is 1.47 bits per heavy atom. The van der Waals surface area contributed by atoms with Gasteiger partial charge < -0.3 is 10.6 Å². The van der Waals surface area contributed by atoms with Crippen molar-refractivity contribution in [1.82, 2.24) is 0 Å². The zero-order chi connectivity index (χ0) is 23.1. The monoisotopic (exact) mass is 452 g/mol. The van der Waals surface area contributed by atoms with Gasteiger partial charge in [-0.05, 0) is 36.4 Å². The fourth-order valence-electron chi connectivity index (χ4n) is 2.64. The molecule has 11 heteroatoms. The van der Waals surface area contributed by atoms with Gasteiger partial charge >= 0.3 is 0 Å². The number of hydrogen-bond donors (Lipinski definition) is 2. The molecule has 0 saturated heterocycles. The molecular formula is C21H16N4O6S. The number of benzene rings is 3. The first-order valence-corrected chi connectivity index (χ1v) is 10.1. The predicted octanol–water partition coefficient (Wildman–Crippen LogP) is 4.49. The molecule has 3 rings (SSSR count). The number of carbonyl (C=O) groups is 2. The maximum Gasteiger partial charge on any atom is 0.270 e. The van der Waals surface area contributed by atoms with Gasteiger partial charge in [-0.25, -0.2) is 0 Å². The van der Waals surface area contributed by atoms with Gasteiger partial charge in [-0.15, -0.1) is 11.8 Å². The number of rotatable bonds is 8. The van der Waals surface area contributed by atoms with Crippen LogP contribution in [-0.4, -0.2) is 27.4 Å². The van der Waals surface area contributed by atoms with Gasteiger partial charge in [0.15, 0.2) is 0 Å². The van der Waals surface area contributed by atoms with Crippen molar-refractivity contribution in [3.63, 3.8) is 0 Å². The summed E-state index contributed by atoms with van der Waals surface area (Å²) in [6.07, 6.45) is 0. The molecule has 0 radical (unpaired) electrons. The van der Waals surface area contributed by atoms with Crippen LogP contribution in [0.3, 0.4) is 0 Å². The van der Waals surface area contributed by atoms with Gasteiger partial charge in [0, 0.05) is 46.1 Å². The molecule has 0 heterocycles. The minimum absolute atomic E-state index is 0.0682. The highest BCUT2D eigenvalue weighted by Crippen LogP contribution is 2.23. The first kappa shape index (κ1) is 22.4.